The Labute approximate surface area is 176 Å². The zero-order valence-corrected chi connectivity index (χ0v) is 17.3. The van der Waals surface area contributed by atoms with Gasteiger partial charge in [0.05, 0.1) is 7.11 Å². The van der Waals surface area contributed by atoms with Gasteiger partial charge in [-0.2, -0.15) is 0 Å². The SMILES string of the molecule is COc1cc(CNCCc2ccc(Cl)cc2)ccc1OCc1ccc(Cl)cc1. The Hall–Kier alpha value is -2.20. The maximum absolute atomic E-state index is 5.91. The first-order valence-electron chi connectivity index (χ1n) is 9.13. The topological polar surface area (TPSA) is 30.5 Å². The van der Waals surface area contributed by atoms with E-state index in [0.717, 1.165) is 47.2 Å². The summed E-state index contributed by atoms with van der Waals surface area (Å²) in [5.41, 5.74) is 3.46. The number of hydrogen-bond donors (Lipinski definition) is 1. The van der Waals surface area contributed by atoms with E-state index in [0.29, 0.717) is 11.6 Å². The standard InChI is InChI=1S/C23H23Cl2NO2/c1-27-23-14-19(15-26-13-12-17-2-7-20(24)8-3-17)6-11-22(23)28-16-18-4-9-21(25)10-5-18/h2-11,14,26H,12-13,15-16H2,1H3. The zero-order chi connectivity index (χ0) is 19.8. The molecule has 3 nitrogen and oxygen atoms in total. The highest BCUT2D eigenvalue weighted by molar-refractivity contribution is 6.30. The van der Waals surface area contributed by atoms with E-state index in [-0.39, 0.29) is 0 Å². The molecule has 0 bridgehead atoms. The van der Waals surface area contributed by atoms with Crippen LogP contribution in [0.5, 0.6) is 11.5 Å². The van der Waals surface area contributed by atoms with E-state index < -0.39 is 0 Å². The second-order valence-electron chi connectivity index (χ2n) is 6.45. The monoisotopic (exact) mass is 415 g/mol. The molecule has 0 aliphatic carbocycles. The van der Waals surface area contributed by atoms with Crippen molar-refractivity contribution in [3.05, 3.63) is 93.5 Å². The molecule has 0 fully saturated rings. The van der Waals surface area contributed by atoms with E-state index in [1.165, 1.54) is 5.56 Å². The fourth-order valence-electron chi connectivity index (χ4n) is 2.80. The van der Waals surface area contributed by atoms with Crippen LogP contribution in [0.2, 0.25) is 10.0 Å². The van der Waals surface area contributed by atoms with Gasteiger partial charge in [0, 0.05) is 16.6 Å². The Bertz CT molecular complexity index is 880. The van der Waals surface area contributed by atoms with Crippen LogP contribution in [-0.2, 0) is 19.6 Å². The summed E-state index contributed by atoms with van der Waals surface area (Å²) in [4.78, 5) is 0. The largest absolute Gasteiger partial charge is 0.493 e. The second-order valence-corrected chi connectivity index (χ2v) is 7.33. The molecule has 0 saturated heterocycles. The van der Waals surface area contributed by atoms with Gasteiger partial charge in [-0.3, -0.25) is 0 Å². The lowest BCUT2D eigenvalue weighted by molar-refractivity contribution is 0.284. The molecule has 3 rings (SSSR count). The molecule has 3 aromatic carbocycles. The van der Waals surface area contributed by atoms with Gasteiger partial charge in [0.15, 0.2) is 11.5 Å². The van der Waals surface area contributed by atoms with Gasteiger partial charge in [-0.05, 0) is 66.1 Å². The first-order chi connectivity index (χ1) is 13.6. The highest BCUT2D eigenvalue weighted by Crippen LogP contribution is 2.29. The molecule has 0 radical (unpaired) electrons. The smallest absolute Gasteiger partial charge is 0.161 e. The molecular weight excluding hydrogens is 393 g/mol. The molecule has 28 heavy (non-hydrogen) atoms. The lowest BCUT2D eigenvalue weighted by Crippen LogP contribution is -2.16. The third kappa shape index (κ3) is 6.16. The molecule has 0 atom stereocenters. The van der Waals surface area contributed by atoms with E-state index in [1.807, 2.05) is 48.5 Å². The summed E-state index contributed by atoms with van der Waals surface area (Å²) >= 11 is 11.8. The minimum atomic E-state index is 0.465. The van der Waals surface area contributed by atoms with Gasteiger partial charge in [0.2, 0.25) is 0 Å². The van der Waals surface area contributed by atoms with Crippen molar-refractivity contribution in [3.8, 4) is 11.5 Å². The lowest BCUT2D eigenvalue weighted by Gasteiger charge is -2.13. The first-order valence-corrected chi connectivity index (χ1v) is 9.89. The van der Waals surface area contributed by atoms with Gasteiger partial charge in [-0.25, -0.2) is 0 Å². The van der Waals surface area contributed by atoms with Gasteiger partial charge < -0.3 is 14.8 Å². The van der Waals surface area contributed by atoms with Crippen LogP contribution in [0.4, 0.5) is 0 Å². The van der Waals surface area contributed by atoms with E-state index in [1.54, 1.807) is 7.11 Å². The summed E-state index contributed by atoms with van der Waals surface area (Å²) in [5, 5.41) is 4.94. The summed E-state index contributed by atoms with van der Waals surface area (Å²) < 4.78 is 11.4. The van der Waals surface area contributed by atoms with Crippen LogP contribution in [0.25, 0.3) is 0 Å². The quantitative estimate of drug-likeness (QED) is 0.440. The number of rotatable bonds is 9. The summed E-state index contributed by atoms with van der Waals surface area (Å²) in [5.74, 6) is 1.45. The molecule has 5 heteroatoms. The van der Waals surface area contributed by atoms with Crippen molar-refractivity contribution in [1.29, 1.82) is 0 Å². The van der Waals surface area contributed by atoms with Crippen LogP contribution < -0.4 is 14.8 Å². The summed E-state index contributed by atoms with van der Waals surface area (Å²) in [6, 6.07) is 21.6. The minimum absolute atomic E-state index is 0.465. The molecular formula is C23H23Cl2NO2. The van der Waals surface area contributed by atoms with Crippen LogP contribution in [0.1, 0.15) is 16.7 Å². The van der Waals surface area contributed by atoms with Gasteiger partial charge in [-0.15, -0.1) is 0 Å². The van der Waals surface area contributed by atoms with Gasteiger partial charge in [0.25, 0.3) is 0 Å². The normalized spacial score (nSPS) is 10.7. The van der Waals surface area contributed by atoms with E-state index in [2.05, 4.69) is 23.5 Å². The molecule has 1 N–H and O–H groups in total. The number of benzene rings is 3. The molecule has 0 amide bonds. The van der Waals surface area contributed by atoms with E-state index in [9.17, 15) is 0 Å². The number of ether oxygens (including phenoxy) is 2. The highest BCUT2D eigenvalue weighted by Gasteiger charge is 2.06. The zero-order valence-electron chi connectivity index (χ0n) is 15.8. The predicted molar refractivity (Wildman–Crippen MR) is 116 cm³/mol. The van der Waals surface area contributed by atoms with Gasteiger partial charge in [0.1, 0.15) is 6.61 Å². The molecule has 0 aliphatic rings. The fraction of sp³-hybridized carbons (Fsp3) is 0.217. The Morgan fingerprint density at radius 2 is 1.36 bits per heavy atom. The maximum atomic E-state index is 5.91. The Morgan fingerprint density at radius 1 is 0.750 bits per heavy atom. The lowest BCUT2D eigenvalue weighted by atomic mass is 10.1. The van der Waals surface area contributed by atoms with Crippen LogP contribution in [-0.4, -0.2) is 13.7 Å². The van der Waals surface area contributed by atoms with Gasteiger partial charge in [-0.1, -0.05) is 53.5 Å². The molecule has 0 aliphatic heterocycles. The molecule has 3 aromatic rings. The van der Waals surface area contributed by atoms with Crippen LogP contribution in [0.15, 0.2) is 66.7 Å². The molecule has 0 unspecified atom stereocenters. The van der Waals surface area contributed by atoms with Crippen molar-refractivity contribution >= 4 is 23.2 Å². The predicted octanol–water partition coefficient (Wildman–Crippen LogP) is 5.91. The third-order valence-electron chi connectivity index (χ3n) is 4.37. The summed E-state index contributed by atoms with van der Waals surface area (Å²) in [6.07, 6.45) is 0.955. The molecule has 146 valence electrons. The molecule has 0 aromatic heterocycles. The Balaban J connectivity index is 1.50. The summed E-state index contributed by atoms with van der Waals surface area (Å²) in [7, 11) is 1.65. The van der Waals surface area contributed by atoms with Crippen molar-refractivity contribution in [2.45, 2.75) is 19.6 Å². The average molecular weight is 416 g/mol. The second kappa shape index (κ2) is 10.4. The Morgan fingerprint density at radius 3 is 2.00 bits per heavy atom. The van der Waals surface area contributed by atoms with Crippen molar-refractivity contribution in [2.75, 3.05) is 13.7 Å². The van der Waals surface area contributed by atoms with Crippen LogP contribution in [0, 0.1) is 0 Å². The van der Waals surface area contributed by atoms with Crippen LogP contribution >= 0.6 is 23.2 Å². The van der Waals surface area contributed by atoms with E-state index >= 15 is 0 Å². The van der Waals surface area contributed by atoms with Gasteiger partial charge >= 0.3 is 0 Å². The highest BCUT2D eigenvalue weighted by atomic mass is 35.5. The van der Waals surface area contributed by atoms with Crippen molar-refractivity contribution < 1.29 is 9.47 Å². The maximum Gasteiger partial charge on any atom is 0.161 e. The minimum Gasteiger partial charge on any atom is -0.493 e. The van der Waals surface area contributed by atoms with Crippen LogP contribution in [0.3, 0.4) is 0 Å². The molecule has 0 saturated carbocycles. The summed E-state index contributed by atoms with van der Waals surface area (Å²) in [6.45, 7) is 2.12. The molecule has 0 heterocycles. The number of methoxy groups -OCH3 is 1. The average Bonchev–Trinajstić information content (AvgIpc) is 2.72. The van der Waals surface area contributed by atoms with Crippen molar-refractivity contribution in [3.63, 3.8) is 0 Å². The van der Waals surface area contributed by atoms with E-state index in [4.69, 9.17) is 32.7 Å². The number of hydrogen-bond acceptors (Lipinski definition) is 3. The van der Waals surface area contributed by atoms with Crippen molar-refractivity contribution in [2.24, 2.45) is 0 Å². The Kier molecular flexibility index (Phi) is 7.61. The van der Waals surface area contributed by atoms with Crippen molar-refractivity contribution in [1.82, 2.24) is 5.32 Å². The third-order valence-corrected chi connectivity index (χ3v) is 4.87. The number of halogens is 2. The number of nitrogens with one attached hydrogen (secondary N) is 1. The molecule has 0 spiro atoms. The first kappa shape index (κ1) is 20.5. The fourth-order valence-corrected chi connectivity index (χ4v) is 3.05.